The Morgan fingerprint density at radius 1 is 1.03 bits per heavy atom. The average Bonchev–Trinajstić information content (AvgIpc) is 2.66. The summed E-state index contributed by atoms with van der Waals surface area (Å²) in [5.74, 6) is 0.808. The molecule has 7 heteroatoms. The third kappa shape index (κ3) is 8.08. The highest BCUT2D eigenvalue weighted by atomic mass is 35.5. The molecular formula is C22H40ClN5O. The minimum Gasteiger partial charge on any atom is -0.330 e. The molecule has 2 heterocycles. The number of nitrogens with zero attached hydrogens (tertiary/aromatic N) is 4. The molecule has 166 valence electrons. The number of rotatable bonds is 6. The number of hydroxylamine groups is 2. The van der Waals surface area contributed by atoms with Crippen molar-refractivity contribution < 1.29 is 4.84 Å². The summed E-state index contributed by atoms with van der Waals surface area (Å²) in [7, 11) is 0. The van der Waals surface area contributed by atoms with Gasteiger partial charge in [-0.15, -0.1) is 0 Å². The van der Waals surface area contributed by atoms with E-state index in [1.807, 2.05) is 0 Å². The smallest absolute Gasteiger partial charge is 0.225 e. The van der Waals surface area contributed by atoms with Crippen LogP contribution in [0.3, 0.4) is 0 Å². The number of hydrogen-bond acceptors (Lipinski definition) is 6. The minimum atomic E-state index is 0.132. The molecule has 1 aromatic heterocycles. The molecule has 2 N–H and O–H groups in total. The maximum atomic E-state index is 6.55. The van der Waals surface area contributed by atoms with Crippen LogP contribution in [0.25, 0.3) is 0 Å². The Morgan fingerprint density at radius 2 is 1.62 bits per heavy atom. The van der Waals surface area contributed by atoms with Crippen molar-refractivity contribution in [2.75, 3.05) is 6.54 Å². The van der Waals surface area contributed by atoms with Gasteiger partial charge in [-0.1, -0.05) is 32.1 Å². The van der Waals surface area contributed by atoms with Gasteiger partial charge in [0.15, 0.2) is 0 Å². The molecule has 1 aliphatic carbocycles. The molecule has 0 radical (unpaired) electrons. The van der Waals surface area contributed by atoms with E-state index in [0.717, 1.165) is 12.5 Å². The molecule has 6 nitrogen and oxygen atoms in total. The zero-order valence-corrected chi connectivity index (χ0v) is 19.5. The van der Waals surface area contributed by atoms with Gasteiger partial charge >= 0.3 is 0 Å². The van der Waals surface area contributed by atoms with Crippen molar-refractivity contribution in [3.05, 3.63) is 17.9 Å². The fourth-order valence-corrected chi connectivity index (χ4v) is 5.17. The normalized spacial score (nSPS) is 22.7. The van der Waals surface area contributed by atoms with Gasteiger partial charge in [0.2, 0.25) is 5.28 Å². The van der Waals surface area contributed by atoms with E-state index in [1.165, 1.54) is 76.9 Å². The molecule has 3 rings (SSSR count). The summed E-state index contributed by atoms with van der Waals surface area (Å²) in [4.78, 5) is 17.1. The van der Waals surface area contributed by atoms with Crippen LogP contribution in [0.15, 0.2) is 12.7 Å². The summed E-state index contributed by atoms with van der Waals surface area (Å²) in [5.41, 5.74) is 5.91. The SMILES string of the molecule is CC1(C)CC(CCCCN)CC(C)(C)N1OC1CCCCC1.Clc1ncncn1. The molecule has 1 aliphatic heterocycles. The molecule has 1 saturated carbocycles. The van der Waals surface area contributed by atoms with Crippen LogP contribution in [-0.4, -0.2) is 43.7 Å². The highest BCUT2D eigenvalue weighted by Gasteiger charge is 2.47. The van der Waals surface area contributed by atoms with Crippen molar-refractivity contribution in [1.82, 2.24) is 20.0 Å². The Morgan fingerprint density at radius 3 is 2.10 bits per heavy atom. The van der Waals surface area contributed by atoms with Gasteiger partial charge in [-0.05, 0) is 83.9 Å². The van der Waals surface area contributed by atoms with Gasteiger partial charge in [0.05, 0.1) is 6.10 Å². The van der Waals surface area contributed by atoms with Crippen molar-refractivity contribution in [3.8, 4) is 0 Å². The molecule has 2 aliphatic rings. The maximum Gasteiger partial charge on any atom is 0.225 e. The highest BCUT2D eigenvalue weighted by molar-refractivity contribution is 6.28. The largest absolute Gasteiger partial charge is 0.330 e. The summed E-state index contributed by atoms with van der Waals surface area (Å²) >= 11 is 5.28. The molecule has 0 bridgehead atoms. The van der Waals surface area contributed by atoms with E-state index < -0.39 is 0 Å². The summed E-state index contributed by atoms with van der Waals surface area (Å²) < 4.78 is 0. The Balaban J connectivity index is 0.000000360. The van der Waals surface area contributed by atoms with E-state index in [0.29, 0.717) is 6.10 Å². The van der Waals surface area contributed by atoms with E-state index in [-0.39, 0.29) is 16.4 Å². The van der Waals surface area contributed by atoms with E-state index in [9.17, 15) is 0 Å². The van der Waals surface area contributed by atoms with Gasteiger partial charge in [0, 0.05) is 11.1 Å². The first-order chi connectivity index (χ1) is 13.7. The Hall–Kier alpha value is -0.820. The number of aromatic nitrogens is 3. The van der Waals surface area contributed by atoms with Crippen LogP contribution >= 0.6 is 11.6 Å². The third-order valence-electron chi connectivity index (χ3n) is 6.01. The van der Waals surface area contributed by atoms with Crippen LogP contribution in [0.2, 0.25) is 5.28 Å². The third-order valence-corrected chi connectivity index (χ3v) is 6.21. The standard InChI is InChI=1S/C19H38N2O.C3H2ClN3/c1-18(2)14-16(10-8-9-13-20)15-19(3,4)21(18)22-17-11-6-5-7-12-17;4-3-6-1-5-2-7-3/h16-17H,5-15,20H2,1-4H3;1-2H. The zero-order chi connectivity index (χ0) is 21.3. The molecule has 0 aromatic carbocycles. The van der Waals surface area contributed by atoms with Crippen LogP contribution in [-0.2, 0) is 4.84 Å². The highest BCUT2D eigenvalue weighted by Crippen LogP contribution is 2.44. The first-order valence-electron chi connectivity index (χ1n) is 11.2. The lowest BCUT2D eigenvalue weighted by Crippen LogP contribution is -2.61. The molecule has 0 spiro atoms. The van der Waals surface area contributed by atoms with E-state index in [4.69, 9.17) is 22.2 Å². The van der Waals surface area contributed by atoms with Crippen molar-refractivity contribution in [3.63, 3.8) is 0 Å². The molecule has 0 atom stereocenters. The van der Waals surface area contributed by atoms with Crippen molar-refractivity contribution in [2.45, 2.75) is 109 Å². The summed E-state index contributed by atoms with van der Waals surface area (Å²) in [6, 6.07) is 0. The molecule has 1 aromatic rings. The lowest BCUT2D eigenvalue weighted by Gasteiger charge is -2.55. The maximum absolute atomic E-state index is 6.55. The quantitative estimate of drug-likeness (QED) is 0.633. The summed E-state index contributed by atoms with van der Waals surface area (Å²) in [5, 5.41) is 2.60. The number of halogens is 1. The second-order valence-corrected chi connectivity index (χ2v) is 10.1. The van der Waals surface area contributed by atoms with Crippen molar-refractivity contribution in [1.29, 1.82) is 0 Å². The lowest BCUT2D eigenvalue weighted by molar-refractivity contribution is -0.314. The van der Waals surface area contributed by atoms with Gasteiger partial charge in [-0.25, -0.2) is 15.0 Å². The zero-order valence-electron chi connectivity index (χ0n) is 18.7. The van der Waals surface area contributed by atoms with Crippen LogP contribution in [0, 0.1) is 5.92 Å². The average molecular weight is 426 g/mol. The van der Waals surface area contributed by atoms with Gasteiger partial charge in [0.1, 0.15) is 12.7 Å². The van der Waals surface area contributed by atoms with Gasteiger partial charge in [0.25, 0.3) is 0 Å². The van der Waals surface area contributed by atoms with E-state index >= 15 is 0 Å². The fraction of sp³-hybridized carbons (Fsp3) is 0.864. The predicted molar refractivity (Wildman–Crippen MR) is 118 cm³/mol. The number of nitrogens with two attached hydrogens (primary N) is 1. The molecule has 2 fully saturated rings. The predicted octanol–water partition coefficient (Wildman–Crippen LogP) is 5.17. The van der Waals surface area contributed by atoms with Crippen molar-refractivity contribution in [2.24, 2.45) is 11.7 Å². The monoisotopic (exact) mass is 425 g/mol. The van der Waals surface area contributed by atoms with Crippen LogP contribution < -0.4 is 5.73 Å². The molecule has 0 unspecified atom stereocenters. The first-order valence-corrected chi connectivity index (χ1v) is 11.6. The van der Waals surface area contributed by atoms with Gasteiger partial charge in [-0.2, -0.15) is 5.06 Å². The number of piperidine rings is 1. The molecular weight excluding hydrogens is 386 g/mol. The first kappa shape index (κ1) is 24.4. The molecule has 0 amide bonds. The summed E-state index contributed by atoms with van der Waals surface area (Å²) in [6.07, 6.45) is 15.9. The van der Waals surface area contributed by atoms with E-state index in [1.54, 1.807) is 0 Å². The fourth-order valence-electron chi connectivity index (χ4n) is 5.08. The van der Waals surface area contributed by atoms with E-state index in [2.05, 4.69) is 47.7 Å². The Kier molecular flexibility index (Phi) is 9.73. The van der Waals surface area contributed by atoms with Crippen LogP contribution in [0.4, 0.5) is 0 Å². The van der Waals surface area contributed by atoms with Crippen molar-refractivity contribution >= 4 is 11.6 Å². The second kappa shape index (κ2) is 11.5. The summed E-state index contributed by atoms with van der Waals surface area (Å²) in [6.45, 7) is 10.3. The lowest BCUT2D eigenvalue weighted by atomic mass is 9.73. The molecule has 29 heavy (non-hydrogen) atoms. The van der Waals surface area contributed by atoms with Crippen LogP contribution in [0.5, 0.6) is 0 Å². The topological polar surface area (TPSA) is 77.2 Å². The Bertz CT molecular complexity index is 560. The van der Waals surface area contributed by atoms with Gasteiger partial charge in [-0.3, -0.25) is 4.84 Å². The number of unbranched alkanes of at least 4 members (excludes halogenated alkanes) is 1. The van der Waals surface area contributed by atoms with Crippen LogP contribution in [0.1, 0.15) is 91.9 Å². The van der Waals surface area contributed by atoms with Gasteiger partial charge < -0.3 is 5.73 Å². The number of hydrogen-bond donors (Lipinski definition) is 1. The molecule has 1 saturated heterocycles. The Labute approximate surface area is 181 Å². The minimum absolute atomic E-state index is 0.132. The second-order valence-electron chi connectivity index (χ2n) is 9.75.